The van der Waals surface area contributed by atoms with Crippen molar-refractivity contribution in [1.29, 1.82) is 0 Å². The topological polar surface area (TPSA) is 77.8 Å². The molecule has 0 aliphatic carbocycles. The van der Waals surface area contributed by atoms with Gasteiger partial charge in [0.1, 0.15) is 0 Å². The van der Waals surface area contributed by atoms with Crippen LogP contribution in [-0.2, 0) is 4.57 Å². The smallest absolute Gasteiger partial charge is 0.332 e. The van der Waals surface area contributed by atoms with Gasteiger partial charge in [-0.05, 0) is 43.0 Å². The van der Waals surface area contributed by atoms with E-state index in [1.165, 1.54) is 47.1 Å². The average Bonchev–Trinajstić information content (AvgIpc) is 2.52. The van der Waals surface area contributed by atoms with Crippen LogP contribution in [0.1, 0.15) is 49.8 Å². The van der Waals surface area contributed by atoms with Crippen LogP contribution in [0.5, 0.6) is 0 Å². The number of phosphoric acid groups is 1. The normalized spacial score (nSPS) is 9.93. The second kappa shape index (κ2) is 15.1. The monoisotopic (exact) mass is 386 g/mol. The van der Waals surface area contributed by atoms with Crippen LogP contribution < -0.4 is 18.9 Å². The maximum absolute atomic E-state index is 8.88. The van der Waals surface area contributed by atoms with E-state index >= 15 is 0 Å². The Labute approximate surface area is 176 Å². The van der Waals surface area contributed by atoms with Crippen molar-refractivity contribution in [3.05, 3.63) is 65.6 Å². The van der Waals surface area contributed by atoms with Gasteiger partial charge in [0, 0.05) is 0 Å². The standard InChI is InChI=1S/C15H16.C6H13.Li.H3O4P/c1-11-9-12(2)15(13(3)10-11)14-7-5-4-6-8-14;1-3-5-6-4-2;;1-5(2,3)4/h4-10H,1-3H3;3H,4-6H2,1-2H3;;(H3,1,2,3,4)/q;-1;+1;. The van der Waals surface area contributed by atoms with Crippen LogP contribution in [0, 0.1) is 27.2 Å². The maximum Gasteiger partial charge on any atom is 1.00 e. The van der Waals surface area contributed by atoms with Gasteiger partial charge in [-0.15, -0.1) is 0 Å². The van der Waals surface area contributed by atoms with Crippen LogP contribution >= 0.6 is 7.82 Å². The van der Waals surface area contributed by atoms with Gasteiger partial charge in [-0.25, -0.2) is 4.57 Å². The number of benzene rings is 2. The quantitative estimate of drug-likeness (QED) is 0.327. The van der Waals surface area contributed by atoms with Crippen LogP contribution in [0.3, 0.4) is 0 Å². The molecule has 2 aromatic rings. The summed E-state index contributed by atoms with van der Waals surface area (Å²) in [5.74, 6) is 0. The maximum atomic E-state index is 8.88. The van der Waals surface area contributed by atoms with Crippen molar-refractivity contribution in [2.45, 2.75) is 53.9 Å². The molecule has 0 bridgehead atoms. The molecule has 0 saturated carbocycles. The largest absolute Gasteiger partial charge is 1.00 e. The summed E-state index contributed by atoms with van der Waals surface area (Å²) in [4.78, 5) is 21.6. The molecule has 0 unspecified atom stereocenters. The predicted octanol–water partition coefficient (Wildman–Crippen LogP) is 2.76. The van der Waals surface area contributed by atoms with Crippen LogP contribution in [0.25, 0.3) is 11.1 Å². The van der Waals surface area contributed by atoms with E-state index in [1.54, 1.807) is 0 Å². The molecule has 0 radical (unpaired) electrons. The Morgan fingerprint density at radius 2 is 1.41 bits per heavy atom. The van der Waals surface area contributed by atoms with Crippen LogP contribution in [0.2, 0.25) is 0 Å². The third-order valence-corrected chi connectivity index (χ3v) is 3.59. The van der Waals surface area contributed by atoms with E-state index in [0.29, 0.717) is 0 Å². The number of rotatable bonds is 4. The Morgan fingerprint density at radius 1 is 0.963 bits per heavy atom. The molecule has 0 spiro atoms. The Bertz CT molecular complexity index is 649. The molecular formula is C21H32LiO4P. The molecule has 3 N–H and O–H groups in total. The molecule has 27 heavy (non-hydrogen) atoms. The van der Waals surface area contributed by atoms with E-state index in [4.69, 9.17) is 19.2 Å². The fraction of sp³-hybridized carbons (Fsp3) is 0.381. The van der Waals surface area contributed by atoms with Crippen molar-refractivity contribution in [3.8, 4) is 11.1 Å². The minimum atomic E-state index is -4.64. The fourth-order valence-electron chi connectivity index (χ4n) is 2.65. The molecule has 0 aliphatic rings. The van der Waals surface area contributed by atoms with Gasteiger partial charge >= 0.3 is 26.7 Å². The molecule has 0 fully saturated rings. The predicted molar refractivity (Wildman–Crippen MR) is 110 cm³/mol. The van der Waals surface area contributed by atoms with Crippen molar-refractivity contribution in [3.63, 3.8) is 0 Å². The molecule has 0 amide bonds. The van der Waals surface area contributed by atoms with E-state index in [1.807, 2.05) is 0 Å². The molecule has 0 saturated heterocycles. The van der Waals surface area contributed by atoms with Gasteiger partial charge in [-0.3, -0.25) is 0 Å². The molecule has 0 aromatic heterocycles. The van der Waals surface area contributed by atoms with Gasteiger partial charge in [-0.1, -0.05) is 67.8 Å². The van der Waals surface area contributed by atoms with Gasteiger partial charge in [0.25, 0.3) is 0 Å². The van der Waals surface area contributed by atoms with Gasteiger partial charge in [-0.2, -0.15) is 13.3 Å². The number of hydrogen-bond donors (Lipinski definition) is 3. The number of aryl methyl sites for hydroxylation is 3. The van der Waals surface area contributed by atoms with Gasteiger partial charge in [0.05, 0.1) is 0 Å². The second-order valence-electron chi connectivity index (χ2n) is 6.20. The Hall–Kier alpha value is -0.853. The van der Waals surface area contributed by atoms with Gasteiger partial charge < -0.3 is 21.1 Å². The second-order valence-corrected chi connectivity index (χ2v) is 7.23. The summed E-state index contributed by atoms with van der Waals surface area (Å²) in [5.41, 5.74) is 6.75. The van der Waals surface area contributed by atoms with Crippen LogP contribution in [-0.4, -0.2) is 14.7 Å². The molecular weight excluding hydrogens is 354 g/mol. The van der Waals surface area contributed by atoms with Gasteiger partial charge in [0.2, 0.25) is 0 Å². The fourth-order valence-corrected chi connectivity index (χ4v) is 2.65. The first-order chi connectivity index (χ1) is 12.1. The minimum Gasteiger partial charge on any atom is -0.332 e. The molecule has 0 aliphatic heterocycles. The van der Waals surface area contributed by atoms with Crippen LogP contribution in [0.4, 0.5) is 0 Å². The van der Waals surface area contributed by atoms with E-state index in [-0.39, 0.29) is 18.9 Å². The molecule has 0 heterocycles. The van der Waals surface area contributed by atoms with Crippen molar-refractivity contribution < 1.29 is 38.1 Å². The summed E-state index contributed by atoms with van der Waals surface area (Å²) >= 11 is 0. The first kappa shape index (κ1) is 28.4. The van der Waals surface area contributed by atoms with E-state index in [0.717, 1.165) is 0 Å². The minimum absolute atomic E-state index is 0. The van der Waals surface area contributed by atoms with Crippen molar-refractivity contribution in [2.24, 2.45) is 0 Å². The number of hydrogen-bond acceptors (Lipinski definition) is 1. The van der Waals surface area contributed by atoms with Crippen molar-refractivity contribution >= 4 is 7.82 Å². The first-order valence-electron chi connectivity index (χ1n) is 8.79. The summed E-state index contributed by atoms with van der Waals surface area (Å²) in [6, 6.07) is 15.1. The zero-order chi connectivity index (χ0) is 20.2. The molecule has 4 nitrogen and oxygen atoms in total. The molecule has 2 aromatic carbocycles. The molecule has 6 heteroatoms. The van der Waals surface area contributed by atoms with E-state index < -0.39 is 7.82 Å². The third kappa shape index (κ3) is 14.8. The third-order valence-electron chi connectivity index (χ3n) is 3.59. The van der Waals surface area contributed by atoms with Gasteiger partial charge in [0.15, 0.2) is 0 Å². The SMILES string of the molecule is C[CH-]CCCC.Cc1cc(C)c(-c2ccccc2)c(C)c1.O=P(O)(O)O.[Li+]. The van der Waals surface area contributed by atoms with Crippen molar-refractivity contribution in [2.75, 3.05) is 0 Å². The van der Waals surface area contributed by atoms with E-state index in [2.05, 4.69) is 83.5 Å². The van der Waals surface area contributed by atoms with Crippen LogP contribution in [0.15, 0.2) is 42.5 Å². The zero-order valence-corrected chi connectivity index (χ0v) is 18.3. The summed E-state index contributed by atoms with van der Waals surface area (Å²) in [6.07, 6.45) is 6.18. The first-order valence-corrected chi connectivity index (χ1v) is 10.4. The summed E-state index contributed by atoms with van der Waals surface area (Å²) in [7, 11) is -4.64. The zero-order valence-electron chi connectivity index (χ0n) is 17.4. The number of unbranched alkanes of at least 4 members (excludes halogenated alkanes) is 3. The summed E-state index contributed by atoms with van der Waals surface area (Å²) < 4.78 is 8.88. The Kier molecular flexibility index (Phi) is 15.9. The summed E-state index contributed by atoms with van der Waals surface area (Å²) in [6.45, 7) is 10.8. The molecule has 146 valence electrons. The Balaban J connectivity index is 0. The van der Waals surface area contributed by atoms with E-state index in [9.17, 15) is 0 Å². The molecule has 0 atom stereocenters. The molecule has 2 rings (SSSR count). The summed E-state index contributed by atoms with van der Waals surface area (Å²) in [5, 5.41) is 0. The average molecular weight is 386 g/mol. The Morgan fingerprint density at radius 3 is 1.74 bits per heavy atom. The van der Waals surface area contributed by atoms with Crippen molar-refractivity contribution in [1.82, 2.24) is 0 Å².